The van der Waals surface area contributed by atoms with Crippen LogP contribution in [0.4, 0.5) is 13.2 Å². The Labute approximate surface area is 213 Å². The van der Waals surface area contributed by atoms with E-state index in [4.69, 9.17) is 9.88 Å². The molecule has 0 radical (unpaired) electrons. The molecule has 1 heterocycles. The van der Waals surface area contributed by atoms with Crippen molar-refractivity contribution in [2.24, 2.45) is 11.1 Å². The minimum absolute atomic E-state index is 0.0618. The van der Waals surface area contributed by atoms with Crippen molar-refractivity contribution < 1.29 is 35.9 Å². The number of primary sulfonamides is 1. The Kier molecular flexibility index (Phi) is 10.1. The van der Waals surface area contributed by atoms with Gasteiger partial charge in [-0.15, -0.1) is 11.3 Å². The molecule has 2 N–H and O–H groups in total. The standard InChI is InChI=1S/C24H31F3N2O5S2/c1-5-6-10-34-22(31)21-19(11-15(2)3)35-23(36(28,32)33)20(21)18-9-7-8-17(12-18)13-29(16(4)30)14-24(25,26)27/h7-9,12,15H,5-6,10-11,13-14H2,1-4H3,(H2,28,32,33). The lowest BCUT2D eigenvalue weighted by atomic mass is 9.98. The van der Waals surface area contributed by atoms with Crippen LogP contribution in [-0.4, -0.2) is 44.5 Å². The second-order valence-electron chi connectivity index (χ2n) is 8.89. The number of nitrogens with two attached hydrogens (primary N) is 1. The number of carbonyl (C=O) groups excluding carboxylic acids is 2. The van der Waals surface area contributed by atoms with Gasteiger partial charge < -0.3 is 9.64 Å². The number of rotatable bonds is 11. The molecule has 0 spiro atoms. The number of hydrogen-bond acceptors (Lipinski definition) is 6. The van der Waals surface area contributed by atoms with Gasteiger partial charge in [-0.05, 0) is 36.0 Å². The average Bonchev–Trinajstić information content (AvgIpc) is 3.11. The van der Waals surface area contributed by atoms with Gasteiger partial charge in [-0.25, -0.2) is 18.4 Å². The van der Waals surface area contributed by atoms with Gasteiger partial charge in [-0.3, -0.25) is 4.79 Å². The fraction of sp³-hybridized carbons (Fsp3) is 0.500. The number of sulfonamides is 1. The van der Waals surface area contributed by atoms with Gasteiger partial charge in [0.1, 0.15) is 10.8 Å². The zero-order valence-corrected chi connectivity index (χ0v) is 22.3. The minimum Gasteiger partial charge on any atom is -0.462 e. The number of benzene rings is 1. The van der Waals surface area contributed by atoms with E-state index in [1.807, 2.05) is 20.8 Å². The van der Waals surface area contributed by atoms with E-state index in [9.17, 15) is 31.2 Å². The van der Waals surface area contributed by atoms with Gasteiger partial charge in [0.2, 0.25) is 15.9 Å². The molecule has 12 heteroatoms. The van der Waals surface area contributed by atoms with Crippen LogP contribution in [-0.2, 0) is 32.5 Å². The predicted octanol–water partition coefficient (Wildman–Crippen LogP) is 5.13. The van der Waals surface area contributed by atoms with Crippen LogP contribution in [0.15, 0.2) is 28.5 Å². The number of unbranched alkanes of at least 4 members (excludes halogenated alkanes) is 1. The molecule has 200 valence electrons. The van der Waals surface area contributed by atoms with E-state index >= 15 is 0 Å². The normalized spacial score (nSPS) is 12.1. The number of hydrogen-bond donors (Lipinski definition) is 1. The van der Waals surface area contributed by atoms with Gasteiger partial charge in [0.15, 0.2) is 0 Å². The van der Waals surface area contributed by atoms with Crippen molar-refractivity contribution in [1.82, 2.24) is 4.90 Å². The molecule has 0 saturated carbocycles. The molecule has 0 bridgehead atoms. The average molecular weight is 549 g/mol. The Bertz CT molecular complexity index is 1190. The Morgan fingerprint density at radius 2 is 1.89 bits per heavy atom. The maximum atomic E-state index is 13.1. The van der Waals surface area contributed by atoms with Gasteiger partial charge in [0, 0.05) is 23.9 Å². The molecule has 0 saturated heterocycles. The number of carbonyl (C=O) groups is 2. The lowest BCUT2D eigenvalue weighted by molar-refractivity contribution is -0.161. The van der Waals surface area contributed by atoms with Crippen LogP contribution in [0, 0.1) is 5.92 Å². The molecule has 0 aliphatic rings. The van der Waals surface area contributed by atoms with E-state index in [1.165, 1.54) is 18.2 Å². The second kappa shape index (κ2) is 12.2. The summed E-state index contributed by atoms with van der Waals surface area (Å²) in [4.78, 5) is 26.1. The molecule has 2 aromatic rings. The first-order valence-electron chi connectivity index (χ1n) is 11.4. The first-order chi connectivity index (χ1) is 16.6. The highest BCUT2D eigenvalue weighted by atomic mass is 32.2. The van der Waals surface area contributed by atoms with E-state index in [-0.39, 0.29) is 40.0 Å². The number of alkyl halides is 3. The van der Waals surface area contributed by atoms with E-state index < -0.39 is 34.6 Å². The zero-order valence-electron chi connectivity index (χ0n) is 20.6. The Hall–Kier alpha value is -2.44. The largest absolute Gasteiger partial charge is 0.462 e. The lowest BCUT2D eigenvalue weighted by Crippen LogP contribution is -2.37. The number of esters is 1. The van der Waals surface area contributed by atoms with Crippen molar-refractivity contribution in [2.45, 2.75) is 63.9 Å². The Morgan fingerprint density at radius 3 is 2.42 bits per heavy atom. The van der Waals surface area contributed by atoms with Crippen molar-refractivity contribution in [2.75, 3.05) is 13.2 Å². The third kappa shape index (κ3) is 8.31. The minimum atomic E-state index is -4.58. The summed E-state index contributed by atoms with van der Waals surface area (Å²) in [7, 11) is -4.25. The highest BCUT2D eigenvalue weighted by Crippen LogP contribution is 2.41. The Morgan fingerprint density at radius 1 is 1.22 bits per heavy atom. The smallest absolute Gasteiger partial charge is 0.406 e. The molecule has 1 amide bonds. The van der Waals surface area contributed by atoms with Crippen molar-refractivity contribution in [1.29, 1.82) is 0 Å². The summed E-state index contributed by atoms with van der Waals surface area (Å²) < 4.78 is 69.1. The number of nitrogens with zero attached hydrogens (tertiary/aromatic N) is 1. The van der Waals surface area contributed by atoms with Crippen molar-refractivity contribution in [3.8, 4) is 11.1 Å². The fourth-order valence-electron chi connectivity index (χ4n) is 3.57. The summed E-state index contributed by atoms with van der Waals surface area (Å²) in [6.07, 6.45) is -2.77. The van der Waals surface area contributed by atoms with Crippen LogP contribution in [0.3, 0.4) is 0 Å². The molecule has 1 aromatic carbocycles. The van der Waals surface area contributed by atoms with Crippen molar-refractivity contribution >= 4 is 33.2 Å². The van der Waals surface area contributed by atoms with Crippen LogP contribution >= 0.6 is 11.3 Å². The summed E-state index contributed by atoms with van der Waals surface area (Å²) in [5, 5.41) is 5.51. The number of amides is 1. The number of thiophene rings is 1. The van der Waals surface area contributed by atoms with Gasteiger partial charge in [0.05, 0.1) is 12.2 Å². The van der Waals surface area contributed by atoms with E-state index in [0.29, 0.717) is 28.2 Å². The molecule has 0 unspecified atom stereocenters. The second-order valence-corrected chi connectivity index (χ2v) is 11.7. The molecule has 36 heavy (non-hydrogen) atoms. The zero-order chi connectivity index (χ0) is 27.3. The molecule has 2 rings (SSSR count). The maximum absolute atomic E-state index is 13.1. The van der Waals surface area contributed by atoms with Crippen molar-refractivity contribution in [3.05, 3.63) is 40.3 Å². The number of ether oxygens (including phenoxy) is 1. The van der Waals surface area contributed by atoms with E-state index in [1.54, 1.807) is 6.07 Å². The van der Waals surface area contributed by atoms with Crippen LogP contribution in [0.1, 0.15) is 61.3 Å². The van der Waals surface area contributed by atoms with Gasteiger partial charge >= 0.3 is 12.1 Å². The first kappa shape index (κ1) is 29.8. The highest BCUT2D eigenvalue weighted by molar-refractivity contribution is 7.91. The van der Waals surface area contributed by atoms with E-state index in [2.05, 4.69) is 0 Å². The summed E-state index contributed by atoms with van der Waals surface area (Å²) in [5.41, 5.74) is 0.756. The molecule has 7 nitrogen and oxygen atoms in total. The topological polar surface area (TPSA) is 107 Å². The molecule has 1 aromatic heterocycles. The van der Waals surface area contributed by atoms with Gasteiger partial charge in [-0.1, -0.05) is 45.4 Å². The molecule has 0 aliphatic heterocycles. The SMILES string of the molecule is CCCCOC(=O)c1c(CC(C)C)sc(S(N)(=O)=O)c1-c1cccc(CN(CC(F)(F)F)C(C)=O)c1. The quantitative estimate of drug-likeness (QED) is 0.310. The van der Waals surface area contributed by atoms with Crippen molar-refractivity contribution in [3.63, 3.8) is 0 Å². The summed E-state index contributed by atoms with van der Waals surface area (Å²) >= 11 is 0.889. The fourth-order valence-corrected chi connectivity index (χ4v) is 6.09. The molecular weight excluding hydrogens is 517 g/mol. The Balaban J connectivity index is 2.66. The lowest BCUT2D eigenvalue weighted by Gasteiger charge is -2.23. The van der Waals surface area contributed by atoms with Crippen LogP contribution in [0.2, 0.25) is 0 Å². The molecule has 0 atom stereocenters. The third-order valence-electron chi connectivity index (χ3n) is 5.14. The first-order valence-corrected chi connectivity index (χ1v) is 13.8. The summed E-state index contributed by atoms with van der Waals surface area (Å²) in [6, 6.07) is 6.05. The van der Waals surface area contributed by atoms with Gasteiger partial charge in [0.25, 0.3) is 0 Å². The molecular formula is C24H31F3N2O5S2. The molecule has 0 fully saturated rings. The summed E-state index contributed by atoms with van der Waals surface area (Å²) in [5.74, 6) is -1.36. The third-order valence-corrected chi connectivity index (χ3v) is 7.82. The highest BCUT2D eigenvalue weighted by Gasteiger charge is 2.33. The summed E-state index contributed by atoms with van der Waals surface area (Å²) in [6.45, 7) is 5.17. The number of halogens is 3. The molecule has 0 aliphatic carbocycles. The van der Waals surface area contributed by atoms with Crippen LogP contribution in [0.5, 0.6) is 0 Å². The maximum Gasteiger partial charge on any atom is 0.406 e. The van der Waals surface area contributed by atoms with E-state index in [0.717, 1.165) is 24.7 Å². The monoisotopic (exact) mass is 548 g/mol. The van der Waals surface area contributed by atoms with Gasteiger partial charge in [-0.2, -0.15) is 13.2 Å². The predicted molar refractivity (Wildman–Crippen MR) is 132 cm³/mol. The van der Waals surface area contributed by atoms with Crippen LogP contribution < -0.4 is 5.14 Å². The van der Waals surface area contributed by atoms with Crippen LogP contribution in [0.25, 0.3) is 11.1 Å².